The molecule has 4 rings (SSSR count). The van der Waals surface area contributed by atoms with Crippen LogP contribution in [0.2, 0.25) is 0 Å². The Balaban J connectivity index is 1.60. The van der Waals surface area contributed by atoms with Crippen LogP contribution in [-0.2, 0) is 9.53 Å². The summed E-state index contributed by atoms with van der Waals surface area (Å²) in [6.07, 6.45) is 0.0394. The number of benzene rings is 1. The Morgan fingerprint density at radius 2 is 2.16 bits per heavy atom. The first-order chi connectivity index (χ1) is 12.1. The molecule has 4 atom stereocenters. The molecule has 0 radical (unpaired) electrons. The topological polar surface area (TPSA) is 77.7 Å². The molecule has 2 aromatic rings. The summed E-state index contributed by atoms with van der Waals surface area (Å²) in [5.41, 5.74) is 1.06. The summed E-state index contributed by atoms with van der Waals surface area (Å²) >= 11 is 0. The Morgan fingerprint density at radius 1 is 1.36 bits per heavy atom. The Bertz CT molecular complexity index is 790. The van der Waals surface area contributed by atoms with Crippen molar-refractivity contribution in [2.75, 3.05) is 13.7 Å². The molecule has 132 valence electrons. The van der Waals surface area contributed by atoms with E-state index in [1.165, 1.54) is 0 Å². The van der Waals surface area contributed by atoms with Gasteiger partial charge in [-0.25, -0.2) is 0 Å². The van der Waals surface area contributed by atoms with E-state index >= 15 is 0 Å². The molecule has 7 heteroatoms. The van der Waals surface area contributed by atoms with Crippen LogP contribution in [0.15, 0.2) is 28.8 Å². The standard InChI is InChI=1S/C18H21N3O4/c1-10-13-6-4-5-7-15(13)24-16(10)18(22)21-9-12(23-3)8-14(21)17-19-11(2)20-25-17/h4-7,10,12,14,16H,8-9H2,1-3H3/t10-,12+,14+,16-/m0/s1. The molecule has 0 unspecified atom stereocenters. The third-order valence-electron chi connectivity index (χ3n) is 5.07. The minimum Gasteiger partial charge on any atom is -0.480 e. The zero-order valence-electron chi connectivity index (χ0n) is 14.5. The highest BCUT2D eigenvalue weighted by Gasteiger charge is 2.46. The van der Waals surface area contributed by atoms with E-state index in [0.29, 0.717) is 24.7 Å². The molecule has 3 heterocycles. The fraction of sp³-hybridized carbons (Fsp3) is 0.500. The number of para-hydroxylation sites is 1. The quantitative estimate of drug-likeness (QED) is 0.850. The van der Waals surface area contributed by atoms with Gasteiger partial charge in [0.2, 0.25) is 5.89 Å². The smallest absolute Gasteiger partial charge is 0.265 e. The lowest BCUT2D eigenvalue weighted by atomic mass is 9.96. The van der Waals surface area contributed by atoms with Crippen molar-refractivity contribution in [3.05, 3.63) is 41.5 Å². The van der Waals surface area contributed by atoms with Gasteiger partial charge in [0.05, 0.1) is 6.10 Å². The van der Waals surface area contributed by atoms with Crippen LogP contribution in [0.3, 0.4) is 0 Å². The first kappa shape index (κ1) is 16.1. The van der Waals surface area contributed by atoms with Crippen molar-refractivity contribution in [3.8, 4) is 5.75 Å². The van der Waals surface area contributed by atoms with Crippen LogP contribution in [0.1, 0.15) is 42.6 Å². The molecule has 0 saturated carbocycles. The van der Waals surface area contributed by atoms with Gasteiger partial charge in [0.1, 0.15) is 11.8 Å². The minimum absolute atomic E-state index is 0.00429. The number of ether oxygens (including phenoxy) is 2. The number of aryl methyl sites for hydroxylation is 1. The van der Waals surface area contributed by atoms with Gasteiger partial charge in [-0.1, -0.05) is 30.3 Å². The SMILES string of the molecule is CO[C@@H]1C[C@H](c2nc(C)no2)N(C(=O)[C@H]2Oc3ccccc3[C@@H]2C)C1. The van der Waals surface area contributed by atoms with Gasteiger partial charge in [-0.2, -0.15) is 4.98 Å². The average molecular weight is 343 g/mol. The van der Waals surface area contributed by atoms with E-state index in [4.69, 9.17) is 14.0 Å². The zero-order chi connectivity index (χ0) is 17.6. The van der Waals surface area contributed by atoms with E-state index in [2.05, 4.69) is 10.1 Å². The lowest BCUT2D eigenvalue weighted by Crippen LogP contribution is -2.42. The Kier molecular flexibility index (Phi) is 3.95. The van der Waals surface area contributed by atoms with Crippen LogP contribution >= 0.6 is 0 Å². The first-order valence-corrected chi connectivity index (χ1v) is 8.47. The number of aromatic nitrogens is 2. The highest BCUT2D eigenvalue weighted by Crippen LogP contribution is 2.41. The summed E-state index contributed by atoms with van der Waals surface area (Å²) < 4.78 is 16.8. The molecule has 0 N–H and O–H groups in total. The number of nitrogens with zero attached hydrogens (tertiary/aromatic N) is 3. The fourth-order valence-corrected chi connectivity index (χ4v) is 3.69. The predicted octanol–water partition coefficient (Wildman–Crippen LogP) is 2.23. The van der Waals surface area contributed by atoms with Crippen LogP contribution < -0.4 is 4.74 Å². The third-order valence-corrected chi connectivity index (χ3v) is 5.07. The molecule has 1 aromatic carbocycles. The number of carbonyl (C=O) groups is 1. The van der Waals surface area contributed by atoms with Crippen molar-refractivity contribution >= 4 is 5.91 Å². The van der Waals surface area contributed by atoms with Crippen LogP contribution in [0.5, 0.6) is 5.75 Å². The average Bonchev–Trinajstić information content (AvgIpc) is 3.31. The number of rotatable bonds is 3. The maximum atomic E-state index is 13.2. The summed E-state index contributed by atoms with van der Waals surface area (Å²) in [5.74, 6) is 1.72. The molecule has 1 aromatic heterocycles. The van der Waals surface area contributed by atoms with E-state index in [1.807, 2.05) is 31.2 Å². The molecule has 7 nitrogen and oxygen atoms in total. The minimum atomic E-state index is -0.542. The van der Waals surface area contributed by atoms with Crippen molar-refractivity contribution in [1.29, 1.82) is 0 Å². The number of carbonyl (C=O) groups excluding carboxylic acids is 1. The summed E-state index contributed by atoms with van der Waals surface area (Å²) in [4.78, 5) is 19.3. The van der Waals surface area contributed by atoms with Crippen LogP contribution in [0.25, 0.3) is 0 Å². The maximum absolute atomic E-state index is 13.2. The molecule has 1 amide bonds. The van der Waals surface area contributed by atoms with Gasteiger partial charge in [-0.05, 0) is 13.0 Å². The van der Waals surface area contributed by atoms with Gasteiger partial charge in [0.25, 0.3) is 5.91 Å². The molecule has 1 fully saturated rings. The summed E-state index contributed by atoms with van der Waals surface area (Å²) in [5, 5.41) is 3.85. The molecular formula is C18H21N3O4. The van der Waals surface area contributed by atoms with Crippen LogP contribution in [0.4, 0.5) is 0 Å². The molecule has 0 spiro atoms. The van der Waals surface area contributed by atoms with E-state index in [0.717, 1.165) is 11.3 Å². The molecule has 0 aliphatic carbocycles. The first-order valence-electron chi connectivity index (χ1n) is 8.47. The monoisotopic (exact) mass is 343 g/mol. The summed E-state index contributed by atoms with van der Waals surface area (Å²) in [6, 6.07) is 7.51. The molecule has 25 heavy (non-hydrogen) atoms. The largest absolute Gasteiger partial charge is 0.480 e. The summed E-state index contributed by atoms with van der Waals surface area (Å²) in [6.45, 7) is 4.27. The lowest BCUT2D eigenvalue weighted by Gasteiger charge is -2.26. The second kappa shape index (κ2) is 6.15. The van der Waals surface area contributed by atoms with E-state index in [9.17, 15) is 4.79 Å². The number of methoxy groups -OCH3 is 1. The third kappa shape index (κ3) is 2.68. The zero-order valence-corrected chi connectivity index (χ0v) is 14.5. The van der Waals surface area contributed by atoms with Crippen LogP contribution in [0, 0.1) is 6.92 Å². The molecule has 1 saturated heterocycles. The van der Waals surface area contributed by atoms with Gasteiger partial charge < -0.3 is 18.9 Å². The van der Waals surface area contributed by atoms with Gasteiger partial charge in [0.15, 0.2) is 11.9 Å². The normalized spacial score (nSPS) is 28.0. The molecule has 2 aliphatic rings. The summed E-state index contributed by atoms with van der Waals surface area (Å²) in [7, 11) is 1.65. The van der Waals surface area contributed by atoms with E-state index in [-0.39, 0.29) is 24.0 Å². The van der Waals surface area contributed by atoms with Crippen molar-refractivity contribution < 1.29 is 18.8 Å². The predicted molar refractivity (Wildman–Crippen MR) is 88.2 cm³/mol. The maximum Gasteiger partial charge on any atom is 0.265 e. The van der Waals surface area contributed by atoms with Gasteiger partial charge in [-0.3, -0.25) is 4.79 Å². The second-order valence-corrected chi connectivity index (χ2v) is 6.64. The van der Waals surface area contributed by atoms with Crippen molar-refractivity contribution in [2.45, 2.75) is 44.4 Å². The van der Waals surface area contributed by atoms with Crippen molar-refractivity contribution in [2.24, 2.45) is 0 Å². The van der Waals surface area contributed by atoms with Gasteiger partial charge in [-0.15, -0.1) is 0 Å². The lowest BCUT2D eigenvalue weighted by molar-refractivity contribution is -0.140. The van der Waals surface area contributed by atoms with E-state index < -0.39 is 6.10 Å². The molecule has 2 aliphatic heterocycles. The Hall–Kier alpha value is -2.41. The molecule has 0 bridgehead atoms. The van der Waals surface area contributed by atoms with Gasteiger partial charge in [0, 0.05) is 31.6 Å². The number of hydrogen-bond donors (Lipinski definition) is 0. The highest BCUT2D eigenvalue weighted by atomic mass is 16.5. The number of likely N-dealkylation sites (tertiary alicyclic amines) is 1. The van der Waals surface area contributed by atoms with Gasteiger partial charge >= 0.3 is 0 Å². The van der Waals surface area contributed by atoms with Crippen molar-refractivity contribution in [3.63, 3.8) is 0 Å². The van der Waals surface area contributed by atoms with Crippen molar-refractivity contribution in [1.82, 2.24) is 15.0 Å². The fourth-order valence-electron chi connectivity index (χ4n) is 3.69. The number of amides is 1. The van der Waals surface area contributed by atoms with Crippen LogP contribution in [-0.4, -0.2) is 46.8 Å². The second-order valence-electron chi connectivity index (χ2n) is 6.64. The number of hydrogen-bond acceptors (Lipinski definition) is 6. The van der Waals surface area contributed by atoms with E-state index in [1.54, 1.807) is 18.9 Å². The Labute approximate surface area is 145 Å². The highest BCUT2D eigenvalue weighted by molar-refractivity contribution is 5.84. The molecular weight excluding hydrogens is 322 g/mol. The Morgan fingerprint density at radius 3 is 2.84 bits per heavy atom. The number of fused-ring (bicyclic) bond motifs is 1.